The molecule has 0 aliphatic carbocycles. The normalized spacial score (nSPS) is 10.2. The average Bonchev–Trinajstić information content (AvgIpc) is 2.87. The van der Waals surface area contributed by atoms with Gasteiger partial charge < -0.3 is 15.2 Å². The predicted octanol–water partition coefficient (Wildman–Crippen LogP) is 0.731. The Balaban J connectivity index is 2.42. The average molecular weight is 290 g/mol. The highest BCUT2D eigenvalue weighted by atomic mass is 16.5. The predicted molar refractivity (Wildman–Crippen MR) is 73.2 cm³/mol. The third kappa shape index (κ3) is 2.69. The summed E-state index contributed by atoms with van der Waals surface area (Å²) < 4.78 is 10.6. The molecule has 8 nitrogen and oxygen atoms in total. The van der Waals surface area contributed by atoms with E-state index in [1.165, 1.54) is 25.1 Å². The third-order valence-corrected chi connectivity index (χ3v) is 2.83. The zero-order chi connectivity index (χ0) is 15.6. The van der Waals surface area contributed by atoms with Crippen LogP contribution in [-0.2, 0) is 9.47 Å². The molecule has 0 aliphatic rings. The Labute approximate surface area is 120 Å². The third-order valence-electron chi connectivity index (χ3n) is 2.83. The first-order chi connectivity index (χ1) is 9.97. The van der Waals surface area contributed by atoms with Crippen LogP contribution in [0.5, 0.6) is 0 Å². The highest BCUT2D eigenvalue weighted by Gasteiger charge is 2.17. The number of aryl methyl sites for hydroxylation is 1. The van der Waals surface area contributed by atoms with E-state index in [1.54, 1.807) is 19.1 Å². The highest BCUT2D eigenvalue weighted by molar-refractivity contribution is 5.92. The van der Waals surface area contributed by atoms with Crippen LogP contribution in [0.4, 0.5) is 5.69 Å². The fraction of sp³-hybridized carbons (Fsp3) is 0.231. The lowest BCUT2D eigenvalue weighted by atomic mass is 10.2. The number of pyridine rings is 1. The van der Waals surface area contributed by atoms with Crippen LogP contribution in [0.1, 0.15) is 26.5 Å². The van der Waals surface area contributed by atoms with Gasteiger partial charge in [0.1, 0.15) is 0 Å². The van der Waals surface area contributed by atoms with Gasteiger partial charge in [0.15, 0.2) is 11.5 Å². The summed E-state index contributed by atoms with van der Waals surface area (Å²) in [6.45, 7) is 1.67. The van der Waals surface area contributed by atoms with Crippen LogP contribution in [0.3, 0.4) is 0 Å². The molecule has 0 amide bonds. The van der Waals surface area contributed by atoms with E-state index in [0.717, 1.165) is 0 Å². The molecule has 0 atom stereocenters. The molecule has 0 bridgehead atoms. The molecule has 2 N–H and O–H groups in total. The maximum absolute atomic E-state index is 11.5. The number of aromatic nitrogens is 3. The van der Waals surface area contributed by atoms with Crippen LogP contribution >= 0.6 is 0 Å². The van der Waals surface area contributed by atoms with E-state index < -0.39 is 11.9 Å². The summed E-state index contributed by atoms with van der Waals surface area (Å²) in [7, 11) is 2.54. The topological polar surface area (TPSA) is 109 Å². The maximum Gasteiger partial charge on any atom is 0.360 e. The number of anilines is 1. The first-order valence-electron chi connectivity index (χ1n) is 5.97. The van der Waals surface area contributed by atoms with Gasteiger partial charge in [-0.2, -0.15) is 5.10 Å². The van der Waals surface area contributed by atoms with E-state index in [-0.39, 0.29) is 11.4 Å². The Morgan fingerprint density at radius 2 is 1.86 bits per heavy atom. The van der Waals surface area contributed by atoms with Gasteiger partial charge in [0, 0.05) is 0 Å². The highest BCUT2D eigenvalue weighted by Crippen LogP contribution is 2.16. The van der Waals surface area contributed by atoms with E-state index >= 15 is 0 Å². The molecule has 0 saturated heterocycles. The molecule has 0 radical (unpaired) electrons. The fourth-order valence-electron chi connectivity index (χ4n) is 1.76. The molecule has 0 spiro atoms. The number of hydrogen-bond acceptors (Lipinski definition) is 7. The Kier molecular flexibility index (Phi) is 3.88. The molecular weight excluding hydrogens is 276 g/mol. The van der Waals surface area contributed by atoms with Gasteiger partial charge in [-0.25, -0.2) is 19.3 Å². The number of hydrogen-bond donors (Lipinski definition) is 1. The Hall–Kier alpha value is -2.90. The van der Waals surface area contributed by atoms with Crippen LogP contribution < -0.4 is 5.73 Å². The lowest BCUT2D eigenvalue weighted by Gasteiger charge is -2.05. The van der Waals surface area contributed by atoms with Crippen LogP contribution in [0.25, 0.3) is 5.82 Å². The number of rotatable bonds is 3. The van der Waals surface area contributed by atoms with E-state index in [1.807, 2.05) is 0 Å². The molecule has 0 aliphatic heterocycles. The second-order valence-electron chi connectivity index (χ2n) is 4.16. The second kappa shape index (κ2) is 5.61. The minimum Gasteiger partial charge on any atom is -0.465 e. The number of esters is 2. The van der Waals surface area contributed by atoms with Gasteiger partial charge in [0.2, 0.25) is 0 Å². The number of ether oxygens (including phenoxy) is 2. The number of nitrogens with two attached hydrogens (primary N) is 1. The van der Waals surface area contributed by atoms with Crippen molar-refractivity contribution in [3.05, 3.63) is 35.3 Å². The summed E-state index contributed by atoms with van der Waals surface area (Å²) >= 11 is 0. The van der Waals surface area contributed by atoms with E-state index in [9.17, 15) is 9.59 Å². The van der Waals surface area contributed by atoms with Crippen molar-refractivity contribution in [2.24, 2.45) is 0 Å². The van der Waals surface area contributed by atoms with Crippen LogP contribution in [0.15, 0.2) is 18.3 Å². The number of methoxy groups -OCH3 is 2. The number of carbonyl (C=O) groups is 2. The van der Waals surface area contributed by atoms with Crippen LogP contribution in [0, 0.1) is 6.92 Å². The monoisotopic (exact) mass is 290 g/mol. The van der Waals surface area contributed by atoms with Crippen molar-refractivity contribution in [3.8, 4) is 5.82 Å². The van der Waals surface area contributed by atoms with Gasteiger partial charge in [-0.15, -0.1) is 0 Å². The first kappa shape index (κ1) is 14.5. The molecular formula is C13H14N4O4. The van der Waals surface area contributed by atoms with E-state index in [4.69, 9.17) is 5.73 Å². The summed E-state index contributed by atoms with van der Waals surface area (Å²) in [5.74, 6) is -0.682. The van der Waals surface area contributed by atoms with Gasteiger partial charge in [0.25, 0.3) is 0 Å². The van der Waals surface area contributed by atoms with Crippen LogP contribution in [-0.4, -0.2) is 40.9 Å². The second-order valence-corrected chi connectivity index (χ2v) is 4.16. The van der Waals surface area contributed by atoms with Crippen molar-refractivity contribution < 1.29 is 19.1 Å². The maximum atomic E-state index is 11.5. The Bertz CT molecular complexity index is 708. The van der Waals surface area contributed by atoms with E-state index in [2.05, 4.69) is 19.6 Å². The van der Waals surface area contributed by atoms with Crippen molar-refractivity contribution in [2.45, 2.75) is 6.92 Å². The van der Waals surface area contributed by atoms with Crippen molar-refractivity contribution in [3.63, 3.8) is 0 Å². The summed E-state index contributed by atoms with van der Waals surface area (Å²) in [4.78, 5) is 27.2. The zero-order valence-corrected chi connectivity index (χ0v) is 11.8. The molecule has 2 heterocycles. The first-order valence-corrected chi connectivity index (χ1v) is 5.97. The molecule has 21 heavy (non-hydrogen) atoms. The summed E-state index contributed by atoms with van der Waals surface area (Å²) in [6.07, 6.45) is 1.45. The molecule has 2 aromatic heterocycles. The quantitative estimate of drug-likeness (QED) is 0.830. The SMILES string of the molecule is COC(=O)c1ccc(-n2cc(N)c(C(=O)OC)n2)nc1C. The molecule has 0 saturated carbocycles. The van der Waals surface area contributed by atoms with Crippen LogP contribution in [0.2, 0.25) is 0 Å². The van der Waals surface area contributed by atoms with E-state index in [0.29, 0.717) is 17.1 Å². The lowest BCUT2D eigenvalue weighted by molar-refractivity contribution is 0.0588. The minimum atomic E-state index is -0.630. The summed E-state index contributed by atoms with van der Waals surface area (Å²) in [6, 6.07) is 3.14. The summed E-state index contributed by atoms with van der Waals surface area (Å²) in [5, 5.41) is 4.03. The molecule has 2 rings (SSSR count). The van der Waals surface area contributed by atoms with Gasteiger partial charge in [-0.3, -0.25) is 0 Å². The van der Waals surface area contributed by atoms with Crippen molar-refractivity contribution in [2.75, 3.05) is 20.0 Å². The van der Waals surface area contributed by atoms with Crippen molar-refractivity contribution >= 4 is 17.6 Å². The summed E-state index contributed by atoms with van der Waals surface area (Å²) in [5.41, 5.74) is 6.73. The van der Waals surface area contributed by atoms with Crippen molar-refractivity contribution in [1.29, 1.82) is 0 Å². The molecule has 2 aromatic rings. The van der Waals surface area contributed by atoms with Gasteiger partial charge in [-0.05, 0) is 19.1 Å². The Morgan fingerprint density at radius 1 is 1.19 bits per heavy atom. The standard InChI is InChI=1S/C13H14N4O4/c1-7-8(12(18)20-2)4-5-10(15-7)17-6-9(14)11(16-17)13(19)21-3/h4-6H,14H2,1-3H3. The number of nitrogens with zero attached hydrogens (tertiary/aromatic N) is 3. The van der Waals surface area contributed by atoms with Gasteiger partial charge in [-0.1, -0.05) is 0 Å². The Morgan fingerprint density at radius 3 is 2.43 bits per heavy atom. The van der Waals surface area contributed by atoms with Gasteiger partial charge >= 0.3 is 11.9 Å². The largest absolute Gasteiger partial charge is 0.465 e. The fourth-order valence-corrected chi connectivity index (χ4v) is 1.76. The number of nitrogen functional groups attached to an aromatic ring is 1. The van der Waals surface area contributed by atoms with Gasteiger partial charge in [0.05, 0.1) is 37.4 Å². The zero-order valence-electron chi connectivity index (χ0n) is 11.8. The minimum absolute atomic E-state index is 0.00833. The molecule has 110 valence electrons. The molecule has 0 fully saturated rings. The lowest BCUT2D eigenvalue weighted by Crippen LogP contribution is -2.09. The molecule has 0 aromatic carbocycles. The smallest absolute Gasteiger partial charge is 0.360 e. The number of carbonyl (C=O) groups excluding carboxylic acids is 2. The van der Waals surface area contributed by atoms with Crippen molar-refractivity contribution in [1.82, 2.24) is 14.8 Å². The molecule has 8 heteroatoms. The molecule has 0 unspecified atom stereocenters.